The highest BCUT2D eigenvalue weighted by molar-refractivity contribution is 9.10. The van der Waals surface area contributed by atoms with Crippen molar-refractivity contribution in [1.29, 1.82) is 0 Å². The molecule has 1 atom stereocenters. The molecule has 0 spiro atoms. The van der Waals surface area contributed by atoms with Gasteiger partial charge in [-0.2, -0.15) is 0 Å². The van der Waals surface area contributed by atoms with E-state index >= 15 is 0 Å². The number of rotatable bonds is 7. The summed E-state index contributed by atoms with van der Waals surface area (Å²) in [5.74, 6) is -0.422. The Morgan fingerprint density at radius 1 is 1.14 bits per heavy atom. The van der Waals surface area contributed by atoms with Crippen LogP contribution in [0.5, 0.6) is 11.5 Å². The van der Waals surface area contributed by atoms with Crippen molar-refractivity contribution in [2.24, 2.45) is 0 Å². The van der Waals surface area contributed by atoms with Gasteiger partial charge in [-0.15, -0.1) is 0 Å². The van der Waals surface area contributed by atoms with E-state index in [9.17, 15) is 14.0 Å². The van der Waals surface area contributed by atoms with E-state index in [1.807, 2.05) is 6.92 Å². The average Bonchev–Trinajstić information content (AvgIpc) is 2.68. The molecule has 0 aromatic heterocycles. The van der Waals surface area contributed by atoms with Crippen LogP contribution in [-0.4, -0.2) is 24.5 Å². The smallest absolute Gasteiger partial charge is 0.279 e. The Bertz CT molecular complexity index is 856. The van der Waals surface area contributed by atoms with E-state index in [1.54, 1.807) is 37.3 Å². The third-order valence-corrected chi connectivity index (χ3v) is 3.99. The van der Waals surface area contributed by atoms with E-state index in [2.05, 4.69) is 26.8 Å². The number of hydrogen-bond donors (Lipinski definition) is 2. The Labute approximate surface area is 170 Å². The SMILES string of the molecule is CCOc1ccc(OC(C)C(=O)NNC(=O)/C=C/c2cc(Br)ccc2F)cc1. The van der Waals surface area contributed by atoms with Crippen molar-refractivity contribution in [3.63, 3.8) is 0 Å². The van der Waals surface area contributed by atoms with E-state index in [0.717, 1.165) is 6.08 Å². The highest BCUT2D eigenvalue weighted by Gasteiger charge is 2.15. The van der Waals surface area contributed by atoms with Gasteiger partial charge < -0.3 is 9.47 Å². The number of nitrogens with one attached hydrogen (secondary N) is 2. The molecule has 0 fully saturated rings. The summed E-state index contributed by atoms with van der Waals surface area (Å²) in [5, 5.41) is 0. The summed E-state index contributed by atoms with van der Waals surface area (Å²) < 4.78 is 25.1. The molecule has 0 saturated heterocycles. The van der Waals surface area contributed by atoms with Gasteiger partial charge in [-0.05, 0) is 62.4 Å². The average molecular weight is 451 g/mol. The van der Waals surface area contributed by atoms with Crippen molar-refractivity contribution in [1.82, 2.24) is 10.9 Å². The van der Waals surface area contributed by atoms with Crippen LogP contribution in [0.1, 0.15) is 19.4 Å². The fourth-order valence-electron chi connectivity index (χ4n) is 2.11. The molecular weight excluding hydrogens is 431 g/mol. The molecule has 2 aromatic rings. The van der Waals surface area contributed by atoms with Crippen molar-refractivity contribution < 1.29 is 23.5 Å². The largest absolute Gasteiger partial charge is 0.494 e. The van der Waals surface area contributed by atoms with Gasteiger partial charge in [0.05, 0.1) is 6.61 Å². The summed E-state index contributed by atoms with van der Waals surface area (Å²) in [6.45, 7) is 3.99. The van der Waals surface area contributed by atoms with E-state index in [1.165, 1.54) is 18.2 Å². The number of carbonyl (C=O) groups excluding carboxylic acids is 2. The normalized spacial score (nSPS) is 11.7. The van der Waals surface area contributed by atoms with Gasteiger partial charge in [0.15, 0.2) is 6.10 Å². The van der Waals surface area contributed by atoms with Crippen LogP contribution < -0.4 is 20.3 Å². The maximum absolute atomic E-state index is 13.6. The topological polar surface area (TPSA) is 76.7 Å². The summed E-state index contributed by atoms with van der Waals surface area (Å²) in [7, 11) is 0. The molecule has 0 aliphatic carbocycles. The standard InChI is InChI=1S/C20H20BrFN2O4/c1-3-27-16-6-8-17(9-7-16)28-13(2)20(26)24-23-19(25)11-4-14-12-15(21)5-10-18(14)22/h4-13H,3H2,1-2H3,(H,23,25)(H,24,26)/b11-4+. The number of amides is 2. The molecule has 1 unspecified atom stereocenters. The molecular formula is C20H20BrFN2O4. The van der Waals surface area contributed by atoms with E-state index in [4.69, 9.17) is 9.47 Å². The molecule has 0 aliphatic heterocycles. The maximum Gasteiger partial charge on any atom is 0.279 e. The van der Waals surface area contributed by atoms with Gasteiger partial charge in [0, 0.05) is 16.1 Å². The molecule has 0 heterocycles. The Kier molecular flexibility index (Phi) is 8.01. The van der Waals surface area contributed by atoms with Gasteiger partial charge in [-0.3, -0.25) is 20.4 Å². The van der Waals surface area contributed by atoms with Crippen molar-refractivity contribution >= 4 is 33.8 Å². The predicted octanol–water partition coefficient (Wildman–Crippen LogP) is 3.62. The highest BCUT2D eigenvalue weighted by Crippen LogP contribution is 2.19. The lowest BCUT2D eigenvalue weighted by atomic mass is 10.2. The van der Waals surface area contributed by atoms with Crippen LogP contribution in [0.4, 0.5) is 4.39 Å². The summed E-state index contributed by atoms with van der Waals surface area (Å²) in [4.78, 5) is 23.8. The second-order valence-corrected chi connectivity index (χ2v) is 6.56. The zero-order valence-electron chi connectivity index (χ0n) is 15.4. The molecule has 6 nitrogen and oxygen atoms in total. The maximum atomic E-state index is 13.6. The lowest BCUT2D eigenvalue weighted by molar-refractivity contribution is -0.131. The number of benzene rings is 2. The van der Waals surface area contributed by atoms with E-state index in [-0.39, 0.29) is 5.56 Å². The number of hydrogen-bond acceptors (Lipinski definition) is 4. The van der Waals surface area contributed by atoms with Crippen LogP contribution in [0.15, 0.2) is 53.0 Å². The van der Waals surface area contributed by atoms with Crippen LogP contribution in [0.3, 0.4) is 0 Å². The second-order valence-electron chi connectivity index (χ2n) is 5.64. The van der Waals surface area contributed by atoms with Gasteiger partial charge in [-0.1, -0.05) is 15.9 Å². The highest BCUT2D eigenvalue weighted by atomic mass is 79.9. The molecule has 2 aromatic carbocycles. The van der Waals surface area contributed by atoms with Crippen LogP contribution >= 0.6 is 15.9 Å². The zero-order chi connectivity index (χ0) is 20.5. The first-order valence-corrected chi connectivity index (χ1v) is 9.31. The van der Waals surface area contributed by atoms with Crippen LogP contribution in [0.2, 0.25) is 0 Å². The predicted molar refractivity (Wildman–Crippen MR) is 107 cm³/mol. The Balaban J connectivity index is 1.82. The molecule has 0 radical (unpaired) electrons. The molecule has 0 aliphatic rings. The summed E-state index contributed by atoms with van der Waals surface area (Å²) in [6, 6.07) is 11.2. The van der Waals surface area contributed by atoms with E-state index in [0.29, 0.717) is 22.6 Å². The zero-order valence-corrected chi connectivity index (χ0v) is 17.0. The molecule has 2 amide bonds. The van der Waals surface area contributed by atoms with Crippen LogP contribution in [0.25, 0.3) is 6.08 Å². The first kappa shape index (κ1) is 21.4. The molecule has 0 saturated carbocycles. The molecule has 148 valence electrons. The van der Waals surface area contributed by atoms with Crippen LogP contribution in [0, 0.1) is 5.82 Å². The van der Waals surface area contributed by atoms with Crippen molar-refractivity contribution in [3.05, 3.63) is 64.4 Å². The van der Waals surface area contributed by atoms with E-state index < -0.39 is 23.7 Å². The fraction of sp³-hybridized carbons (Fsp3) is 0.200. The van der Waals surface area contributed by atoms with Crippen molar-refractivity contribution in [2.75, 3.05) is 6.61 Å². The lowest BCUT2D eigenvalue weighted by Gasteiger charge is -2.15. The van der Waals surface area contributed by atoms with Gasteiger partial charge in [-0.25, -0.2) is 4.39 Å². The minimum Gasteiger partial charge on any atom is -0.494 e. The number of carbonyl (C=O) groups is 2. The first-order valence-electron chi connectivity index (χ1n) is 8.51. The lowest BCUT2D eigenvalue weighted by Crippen LogP contribution is -2.46. The summed E-state index contributed by atoms with van der Waals surface area (Å²) >= 11 is 3.23. The fourth-order valence-corrected chi connectivity index (χ4v) is 2.49. The quantitative estimate of drug-likeness (QED) is 0.498. The third-order valence-electron chi connectivity index (χ3n) is 3.50. The van der Waals surface area contributed by atoms with Gasteiger partial charge >= 0.3 is 0 Å². The number of ether oxygens (including phenoxy) is 2. The third kappa shape index (κ3) is 6.70. The second kappa shape index (κ2) is 10.5. The Morgan fingerprint density at radius 3 is 2.50 bits per heavy atom. The molecule has 0 bridgehead atoms. The molecule has 8 heteroatoms. The van der Waals surface area contributed by atoms with Crippen molar-refractivity contribution in [2.45, 2.75) is 20.0 Å². The summed E-state index contributed by atoms with van der Waals surface area (Å²) in [6.07, 6.45) is 1.58. The van der Waals surface area contributed by atoms with Gasteiger partial charge in [0.2, 0.25) is 0 Å². The van der Waals surface area contributed by atoms with Gasteiger partial charge in [0.25, 0.3) is 11.8 Å². The van der Waals surface area contributed by atoms with Gasteiger partial charge in [0.1, 0.15) is 17.3 Å². The molecule has 28 heavy (non-hydrogen) atoms. The molecule has 2 rings (SSSR count). The first-order chi connectivity index (χ1) is 13.4. The number of hydrazine groups is 1. The summed E-state index contributed by atoms with van der Waals surface area (Å²) in [5.41, 5.74) is 4.71. The van der Waals surface area contributed by atoms with Crippen LogP contribution in [-0.2, 0) is 9.59 Å². The molecule has 2 N–H and O–H groups in total. The minimum atomic E-state index is -0.843. The number of halogens is 2. The Hall–Kier alpha value is -2.87. The van der Waals surface area contributed by atoms with Crippen molar-refractivity contribution in [3.8, 4) is 11.5 Å². The minimum absolute atomic E-state index is 0.239. The Morgan fingerprint density at radius 2 is 1.82 bits per heavy atom. The monoisotopic (exact) mass is 450 g/mol.